The summed E-state index contributed by atoms with van der Waals surface area (Å²) in [6.45, 7) is 10.7. The molecule has 0 saturated heterocycles. The molecule has 0 aliphatic rings. The number of hydrogen-bond acceptors (Lipinski definition) is 2. The molecule has 0 amide bonds. The van der Waals surface area contributed by atoms with E-state index in [0.29, 0.717) is 25.1 Å². The number of nitrogens with zero attached hydrogens (tertiary/aromatic N) is 1. The lowest BCUT2D eigenvalue weighted by molar-refractivity contribution is 0.0526. The second-order valence-corrected chi connectivity index (χ2v) is 5.50. The van der Waals surface area contributed by atoms with Crippen LogP contribution in [0.25, 0.3) is 10.9 Å². The molecule has 0 saturated carbocycles. The third-order valence-electron chi connectivity index (χ3n) is 3.91. The molecule has 1 heterocycles. The monoisotopic (exact) mass is 389 g/mol. The number of aromatic nitrogens is 1. The molecule has 0 unspecified atom stereocenters. The van der Waals surface area contributed by atoms with Crippen molar-refractivity contribution in [3.8, 4) is 0 Å². The van der Waals surface area contributed by atoms with Gasteiger partial charge in [0.2, 0.25) is 0 Å². The minimum atomic E-state index is -0.836. The minimum Gasteiger partial charge on any atom is -0.462 e. The predicted octanol–water partition coefficient (Wildman–Crippen LogP) is 6.39. The quantitative estimate of drug-likeness (QED) is 0.473. The fourth-order valence-corrected chi connectivity index (χ4v) is 2.68. The maximum absolute atomic E-state index is 13.3. The summed E-state index contributed by atoms with van der Waals surface area (Å²) in [5, 5.41) is 0.936. The highest BCUT2D eigenvalue weighted by atomic mass is 19.2. The molecule has 3 rings (SSSR count). The van der Waals surface area contributed by atoms with Gasteiger partial charge < -0.3 is 9.30 Å². The summed E-state index contributed by atoms with van der Waals surface area (Å²) in [6, 6.07) is 11.3. The summed E-state index contributed by atoms with van der Waals surface area (Å²) in [7, 11) is 0. The first-order valence-electron chi connectivity index (χ1n) is 9.78. The van der Waals surface area contributed by atoms with Crippen molar-refractivity contribution < 1.29 is 18.3 Å². The van der Waals surface area contributed by atoms with Crippen LogP contribution in [0.2, 0.25) is 0 Å². The van der Waals surface area contributed by atoms with Gasteiger partial charge in [0.05, 0.1) is 12.2 Å². The van der Waals surface area contributed by atoms with E-state index in [-0.39, 0.29) is 5.97 Å². The number of fused-ring (bicyclic) bond motifs is 1. The van der Waals surface area contributed by atoms with Crippen molar-refractivity contribution in [1.29, 1.82) is 0 Å². The standard InChI is InChI=1S/C19H17F2NO2.2C2H6/c1-2-24-19(23)15-4-6-18-14(12-15)8-10-22(18)9-7-13-3-5-16(20)17(21)11-13;2*1-2/h3-6,8,10-12H,2,7,9H2,1H3;2*1-2H3. The molecule has 28 heavy (non-hydrogen) atoms. The first-order valence-corrected chi connectivity index (χ1v) is 9.78. The fraction of sp³-hybridized carbons (Fsp3) is 0.348. The van der Waals surface area contributed by atoms with Crippen LogP contribution in [-0.4, -0.2) is 17.1 Å². The van der Waals surface area contributed by atoms with E-state index in [2.05, 4.69) is 0 Å². The van der Waals surface area contributed by atoms with Crippen LogP contribution in [-0.2, 0) is 17.7 Å². The Morgan fingerprint density at radius 3 is 2.32 bits per heavy atom. The first kappa shape index (κ1) is 23.3. The fourth-order valence-electron chi connectivity index (χ4n) is 2.68. The van der Waals surface area contributed by atoms with Gasteiger partial charge in [-0.2, -0.15) is 0 Å². The molecule has 0 aliphatic carbocycles. The Balaban J connectivity index is 0.000000921. The Morgan fingerprint density at radius 2 is 1.68 bits per heavy atom. The largest absolute Gasteiger partial charge is 0.462 e. The van der Waals surface area contributed by atoms with Crippen LogP contribution in [0.4, 0.5) is 8.78 Å². The zero-order valence-corrected chi connectivity index (χ0v) is 17.3. The highest BCUT2D eigenvalue weighted by Gasteiger charge is 2.09. The van der Waals surface area contributed by atoms with Gasteiger partial charge in [-0.3, -0.25) is 0 Å². The van der Waals surface area contributed by atoms with E-state index < -0.39 is 11.6 Å². The summed E-state index contributed by atoms with van der Waals surface area (Å²) >= 11 is 0. The predicted molar refractivity (Wildman–Crippen MR) is 111 cm³/mol. The molecule has 0 fully saturated rings. The molecule has 5 heteroatoms. The highest BCUT2D eigenvalue weighted by Crippen LogP contribution is 2.19. The molecule has 152 valence electrons. The number of esters is 1. The first-order chi connectivity index (χ1) is 13.6. The van der Waals surface area contributed by atoms with Gasteiger partial charge in [-0.05, 0) is 55.3 Å². The van der Waals surface area contributed by atoms with Gasteiger partial charge in [-0.1, -0.05) is 33.8 Å². The zero-order valence-electron chi connectivity index (χ0n) is 17.3. The van der Waals surface area contributed by atoms with Gasteiger partial charge in [0, 0.05) is 23.6 Å². The number of benzene rings is 2. The molecule has 0 spiro atoms. The van der Waals surface area contributed by atoms with Gasteiger partial charge in [0.1, 0.15) is 0 Å². The van der Waals surface area contributed by atoms with Gasteiger partial charge in [-0.15, -0.1) is 0 Å². The molecule has 0 aliphatic heterocycles. The number of aryl methyl sites for hydroxylation is 2. The summed E-state index contributed by atoms with van der Waals surface area (Å²) in [6.07, 6.45) is 2.50. The third kappa shape index (κ3) is 5.91. The van der Waals surface area contributed by atoms with Crippen LogP contribution < -0.4 is 0 Å². The Bertz CT molecular complexity index is 887. The number of carbonyl (C=O) groups is 1. The van der Waals surface area contributed by atoms with Crippen molar-refractivity contribution in [2.45, 2.75) is 47.6 Å². The lowest BCUT2D eigenvalue weighted by Crippen LogP contribution is -2.04. The van der Waals surface area contributed by atoms with Gasteiger partial charge in [0.25, 0.3) is 0 Å². The summed E-state index contributed by atoms with van der Waals surface area (Å²) < 4.78 is 33.2. The molecular formula is C23H29F2NO2. The third-order valence-corrected chi connectivity index (χ3v) is 3.91. The maximum Gasteiger partial charge on any atom is 0.338 e. The molecule has 0 bridgehead atoms. The van der Waals surface area contributed by atoms with Crippen molar-refractivity contribution in [3.63, 3.8) is 0 Å². The lowest BCUT2D eigenvalue weighted by atomic mass is 10.1. The molecular weight excluding hydrogens is 360 g/mol. The van der Waals surface area contributed by atoms with E-state index in [4.69, 9.17) is 4.74 Å². The van der Waals surface area contributed by atoms with Crippen LogP contribution in [0.1, 0.15) is 50.5 Å². The van der Waals surface area contributed by atoms with E-state index in [9.17, 15) is 13.6 Å². The van der Waals surface area contributed by atoms with Crippen LogP contribution >= 0.6 is 0 Å². The molecule has 1 aromatic heterocycles. The second-order valence-electron chi connectivity index (χ2n) is 5.50. The summed E-state index contributed by atoms with van der Waals surface area (Å²) in [4.78, 5) is 11.8. The molecule has 3 aromatic rings. The van der Waals surface area contributed by atoms with E-state index in [1.54, 1.807) is 25.1 Å². The number of carbonyl (C=O) groups excluding carboxylic acids is 1. The lowest BCUT2D eigenvalue weighted by Gasteiger charge is -2.07. The topological polar surface area (TPSA) is 31.2 Å². The number of ether oxygens (including phenoxy) is 1. The minimum absolute atomic E-state index is 0.339. The number of rotatable bonds is 5. The van der Waals surface area contributed by atoms with Crippen LogP contribution in [0, 0.1) is 11.6 Å². The Labute approximate surface area is 165 Å². The molecule has 2 aromatic carbocycles. The van der Waals surface area contributed by atoms with Crippen molar-refractivity contribution in [2.24, 2.45) is 0 Å². The van der Waals surface area contributed by atoms with Crippen LogP contribution in [0.5, 0.6) is 0 Å². The number of halogens is 2. The van der Waals surface area contributed by atoms with Gasteiger partial charge >= 0.3 is 5.97 Å². The average molecular weight is 389 g/mol. The molecule has 0 N–H and O–H groups in total. The van der Waals surface area contributed by atoms with Gasteiger partial charge in [-0.25, -0.2) is 13.6 Å². The molecule has 3 nitrogen and oxygen atoms in total. The van der Waals surface area contributed by atoms with Crippen molar-refractivity contribution in [1.82, 2.24) is 4.57 Å². The Kier molecular flexibility index (Phi) is 9.93. The van der Waals surface area contributed by atoms with Gasteiger partial charge in [0.15, 0.2) is 11.6 Å². The van der Waals surface area contributed by atoms with Crippen molar-refractivity contribution in [3.05, 3.63) is 71.4 Å². The Hall–Kier alpha value is -2.69. The van der Waals surface area contributed by atoms with Crippen molar-refractivity contribution in [2.75, 3.05) is 6.61 Å². The van der Waals surface area contributed by atoms with Crippen LogP contribution in [0.15, 0.2) is 48.7 Å². The summed E-state index contributed by atoms with van der Waals surface area (Å²) in [5.41, 5.74) is 2.23. The van der Waals surface area contributed by atoms with Crippen molar-refractivity contribution >= 4 is 16.9 Å². The molecule has 0 radical (unpaired) electrons. The highest BCUT2D eigenvalue weighted by molar-refractivity contribution is 5.94. The van der Waals surface area contributed by atoms with E-state index in [1.807, 2.05) is 50.6 Å². The number of hydrogen-bond donors (Lipinski definition) is 0. The smallest absolute Gasteiger partial charge is 0.338 e. The molecule has 0 atom stereocenters. The van der Waals surface area contributed by atoms with E-state index >= 15 is 0 Å². The normalized spacial score (nSPS) is 9.82. The Morgan fingerprint density at radius 1 is 0.964 bits per heavy atom. The van der Waals surface area contributed by atoms with Crippen LogP contribution in [0.3, 0.4) is 0 Å². The second kappa shape index (κ2) is 11.9. The van der Waals surface area contributed by atoms with E-state index in [1.165, 1.54) is 6.07 Å². The SMILES string of the molecule is CC.CC.CCOC(=O)c1ccc2c(ccn2CCc2ccc(F)c(F)c2)c1. The average Bonchev–Trinajstić information content (AvgIpc) is 3.14. The van der Waals surface area contributed by atoms with E-state index in [0.717, 1.165) is 22.5 Å². The maximum atomic E-state index is 13.3. The zero-order chi connectivity index (χ0) is 21.1. The summed E-state index contributed by atoms with van der Waals surface area (Å²) in [5.74, 6) is -2.01.